The molecule has 130 valence electrons. The number of thioether (sulfide) groups is 1. The minimum Gasteiger partial charge on any atom is -0.349 e. The zero-order valence-electron chi connectivity index (χ0n) is 14.2. The molecule has 6 nitrogen and oxygen atoms in total. The molecule has 0 aliphatic rings. The molecule has 1 N–H and O–H groups in total. The third kappa shape index (κ3) is 4.38. The fraction of sp³-hybridized carbons (Fsp3) is 0.294. The number of nitrogens with zero attached hydrogens (tertiary/aromatic N) is 4. The van der Waals surface area contributed by atoms with Crippen molar-refractivity contribution in [3.05, 3.63) is 51.8 Å². The smallest absolute Gasteiger partial charge is 0.253 e. The highest BCUT2D eigenvalue weighted by Crippen LogP contribution is 2.18. The average Bonchev–Trinajstić information content (AvgIpc) is 2.97. The van der Waals surface area contributed by atoms with Gasteiger partial charge in [-0.05, 0) is 44.5 Å². The van der Waals surface area contributed by atoms with Gasteiger partial charge in [-0.3, -0.25) is 4.79 Å². The molecular formula is C17H18BrN5OS. The van der Waals surface area contributed by atoms with Crippen molar-refractivity contribution < 1.29 is 4.79 Å². The number of fused-ring (bicyclic) bond motifs is 1. The molecule has 0 saturated heterocycles. The highest BCUT2D eigenvalue weighted by molar-refractivity contribution is 9.10. The Labute approximate surface area is 158 Å². The molecular weight excluding hydrogens is 402 g/mol. The van der Waals surface area contributed by atoms with Gasteiger partial charge in [0.15, 0.2) is 0 Å². The van der Waals surface area contributed by atoms with Crippen LogP contribution in [0.4, 0.5) is 0 Å². The van der Waals surface area contributed by atoms with E-state index in [1.807, 2.05) is 51.1 Å². The molecule has 8 heteroatoms. The molecule has 1 aromatic carbocycles. The van der Waals surface area contributed by atoms with Crippen LogP contribution in [0.1, 0.15) is 29.9 Å². The Balaban J connectivity index is 1.60. The van der Waals surface area contributed by atoms with Gasteiger partial charge in [-0.15, -0.1) is 5.10 Å². The molecule has 1 atom stereocenters. The monoisotopic (exact) mass is 419 g/mol. The van der Waals surface area contributed by atoms with Crippen molar-refractivity contribution in [3.8, 4) is 0 Å². The van der Waals surface area contributed by atoms with Crippen molar-refractivity contribution in [2.45, 2.75) is 32.0 Å². The number of aromatic nitrogens is 4. The fourth-order valence-electron chi connectivity index (χ4n) is 2.46. The number of rotatable bonds is 5. The van der Waals surface area contributed by atoms with Gasteiger partial charge < -0.3 is 5.32 Å². The molecule has 0 spiro atoms. The molecule has 0 bridgehead atoms. The number of amides is 1. The first kappa shape index (κ1) is 17.9. The van der Waals surface area contributed by atoms with Gasteiger partial charge in [0.1, 0.15) is 0 Å². The van der Waals surface area contributed by atoms with Crippen LogP contribution in [0.15, 0.2) is 40.0 Å². The molecule has 0 aliphatic carbocycles. The number of aryl methyl sites for hydroxylation is 2. The SMILES string of the molecule is Cc1cc(C)n2nc(SCC(=O)NC(C)c3ccc(Br)cc3)nc2n1. The lowest BCUT2D eigenvalue weighted by Gasteiger charge is -2.14. The van der Waals surface area contributed by atoms with Crippen molar-refractivity contribution in [2.24, 2.45) is 0 Å². The van der Waals surface area contributed by atoms with Gasteiger partial charge in [0, 0.05) is 15.9 Å². The minimum absolute atomic E-state index is 0.0539. The van der Waals surface area contributed by atoms with E-state index >= 15 is 0 Å². The van der Waals surface area contributed by atoms with E-state index in [2.05, 4.69) is 36.3 Å². The number of hydrogen-bond donors (Lipinski definition) is 1. The number of hydrogen-bond acceptors (Lipinski definition) is 5. The van der Waals surface area contributed by atoms with Crippen molar-refractivity contribution in [3.63, 3.8) is 0 Å². The second-order valence-corrected chi connectivity index (χ2v) is 7.63. The van der Waals surface area contributed by atoms with Crippen LogP contribution in [0, 0.1) is 13.8 Å². The van der Waals surface area contributed by atoms with Crippen molar-refractivity contribution in [2.75, 3.05) is 5.75 Å². The summed E-state index contributed by atoms with van der Waals surface area (Å²) in [7, 11) is 0. The van der Waals surface area contributed by atoms with Gasteiger partial charge in [0.05, 0.1) is 11.8 Å². The minimum atomic E-state index is -0.0554. The highest BCUT2D eigenvalue weighted by atomic mass is 79.9. The van der Waals surface area contributed by atoms with Crippen LogP contribution in [0.2, 0.25) is 0 Å². The normalized spacial score (nSPS) is 12.3. The predicted molar refractivity (Wildman–Crippen MR) is 102 cm³/mol. The Morgan fingerprint density at radius 2 is 2.00 bits per heavy atom. The molecule has 3 aromatic rings. The molecule has 3 rings (SSSR count). The highest BCUT2D eigenvalue weighted by Gasteiger charge is 2.13. The van der Waals surface area contributed by atoms with Crippen LogP contribution in [0.5, 0.6) is 0 Å². The van der Waals surface area contributed by atoms with Crippen molar-refractivity contribution in [1.29, 1.82) is 0 Å². The van der Waals surface area contributed by atoms with Gasteiger partial charge in [0.2, 0.25) is 11.1 Å². The Bertz CT molecular complexity index is 909. The molecule has 25 heavy (non-hydrogen) atoms. The summed E-state index contributed by atoms with van der Waals surface area (Å²) in [5.74, 6) is 0.763. The van der Waals surface area contributed by atoms with Crippen molar-refractivity contribution >= 4 is 39.4 Å². The lowest BCUT2D eigenvalue weighted by molar-refractivity contribution is -0.119. The first-order valence-corrected chi connectivity index (χ1v) is 9.59. The maximum Gasteiger partial charge on any atom is 0.253 e. The lowest BCUT2D eigenvalue weighted by Crippen LogP contribution is -2.28. The number of halogens is 1. The number of carbonyl (C=O) groups excluding carboxylic acids is 1. The van der Waals surface area contributed by atoms with Crippen LogP contribution in [0.3, 0.4) is 0 Å². The maximum atomic E-state index is 12.2. The molecule has 1 amide bonds. The number of benzene rings is 1. The maximum absolute atomic E-state index is 12.2. The molecule has 2 heterocycles. The van der Waals surface area contributed by atoms with Crippen LogP contribution >= 0.6 is 27.7 Å². The lowest BCUT2D eigenvalue weighted by atomic mass is 10.1. The second-order valence-electron chi connectivity index (χ2n) is 5.77. The molecule has 1 unspecified atom stereocenters. The second kappa shape index (κ2) is 7.53. The van der Waals surface area contributed by atoms with Crippen LogP contribution in [0.25, 0.3) is 5.78 Å². The van der Waals surface area contributed by atoms with Gasteiger partial charge in [-0.25, -0.2) is 9.50 Å². The summed E-state index contributed by atoms with van der Waals surface area (Å²) in [5.41, 5.74) is 2.92. The van der Waals surface area contributed by atoms with Gasteiger partial charge in [-0.2, -0.15) is 4.98 Å². The summed E-state index contributed by atoms with van der Waals surface area (Å²) in [6, 6.07) is 9.80. The van der Waals surface area contributed by atoms with Crippen LogP contribution < -0.4 is 5.32 Å². The Morgan fingerprint density at radius 3 is 2.72 bits per heavy atom. The standard InChI is InChI=1S/C17H18BrN5OS/c1-10-8-11(2)23-16(19-10)21-17(22-23)25-9-15(24)20-12(3)13-4-6-14(18)7-5-13/h4-8,12H,9H2,1-3H3,(H,20,24). The van der Waals surface area contributed by atoms with E-state index in [9.17, 15) is 4.79 Å². The Hall–Kier alpha value is -1.93. The Kier molecular flexibility index (Phi) is 5.39. The van der Waals surface area contributed by atoms with E-state index in [0.717, 1.165) is 21.4 Å². The van der Waals surface area contributed by atoms with Gasteiger partial charge in [0.25, 0.3) is 5.78 Å². The molecule has 0 radical (unpaired) electrons. The molecule has 0 aliphatic heterocycles. The third-order valence-corrected chi connectivity index (χ3v) is 5.05. The van der Waals surface area contributed by atoms with E-state index in [1.54, 1.807) is 4.52 Å². The summed E-state index contributed by atoms with van der Waals surface area (Å²) in [6.07, 6.45) is 0. The van der Waals surface area contributed by atoms with Gasteiger partial charge in [-0.1, -0.05) is 39.8 Å². The largest absolute Gasteiger partial charge is 0.349 e. The van der Waals surface area contributed by atoms with E-state index in [4.69, 9.17) is 0 Å². The summed E-state index contributed by atoms with van der Waals surface area (Å²) in [6.45, 7) is 5.84. The van der Waals surface area contributed by atoms with Crippen LogP contribution in [-0.4, -0.2) is 31.2 Å². The molecule has 0 fully saturated rings. The van der Waals surface area contributed by atoms with E-state index < -0.39 is 0 Å². The zero-order chi connectivity index (χ0) is 18.0. The predicted octanol–water partition coefficient (Wildman–Crippen LogP) is 3.47. The van der Waals surface area contributed by atoms with Gasteiger partial charge >= 0.3 is 0 Å². The molecule has 0 saturated carbocycles. The Morgan fingerprint density at radius 1 is 1.28 bits per heavy atom. The van der Waals surface area contributed by atoms with E-state index in [1.165, 1.54) is 11.8 Å². The summed E-state index contributed by atoms with van der Waals surface area (Å²) >= 11 is 4.71. The zero-order valence-corrected chi connectivity index (χ0v) is 16.6. The number of nitrogens with one attached hydrogen (secondary N) is 1. The fourth-order valence-corrected chi connectivity index (χ4v) is 3.35. The summed E-state index contributed by atoms with van der Waals surface area (Å²) in [4.78, 5) is 20.9. The summed E-state index contributed by atoms with van der Waals surface area (Å²) in [5, 5.41) is 7.93. The van der Waals surface area contributed by atoms with Crippen LogP contribution in [-0.2, 0) is 4.79 Å². The topological polar surface area (TPSA) is 72.2 Å². The number of carbonyl (C=O) groups is 1. The quantitative estimate of drug-likeness (QED) is 0.640. The summed E-state index contributed by atoms with van der Waals surface area (Å²) < 4.78 is 2.71. The first-order valence-electron chi connectivity index (χ1n) is 7.81. The van der Waals surface area contributed by atoms with E-state index in [-0.39, 0.29) is 17.7 Å². The first-order chi connectivity index (χ1) is 11.9. The molecule has 2 aromatic heterocycles. The van der Waals surface area contributed by atoms with Crippen molar-refractivity contribution in [1.82, 2.24) is 24.9 Å². The average molecular weight is 420 g/mol. The van der Waals surface area contributed by atoms with E-state index in [0.29, 0.717) is 10.9 Å². The third-order valence-electron chi connectivity index (χ3n) is 3.68.